The van der Waals surface area contributed by atoms with Crippen molar-refractivity contribution >= 4 is 0 Å². The van der Waals surface area contributed by atoms with Gasteiger partial charge in [-0.2, -0.15) is 0 Å². The van der Waals surface area contributed by atoms with E-state index in [4.69, 9.17) is 0 Å². The van der Waals surface area contributed by atoms with E-state index in [0.29, 0.717) is 0 Å². The lowest BCUT2D eigenvalue weighted by atomic mass is 9.69. The van der Waals surface area contributed by atoms with Gasteiger partial charge in [-0.1, -0.05) is 61.4 Å². The van der Waals surface area contributed by atoms with E-state index < -0.39 is 0 Å². The highest BCUT2D eigenvalue weighted by Crippen LogP contribution is 2.44. The van der Waals surface area contributed by atoms with E-state index in [0.717, 1.165) is 0 Å². The standard InChI is InChI=1S/C15H18/c1-11-10-13-8-6-5-7-9-14(13)15(3,4)12(11)2/h5-10H,1-4H3. The summed E-state index contributed by atoms with van der Waals surface area (Å²) in [5.41, 5.74) is 5.82. The fraction of sp³-hybridized carbons (Fsp3) is 0.333. The van der Waals surface area contributed by atoms with Crippen LogP contribution in [0.4, 0.5) is 0 Å². The average Bonchev–Trinajstić information content (AvgIpc) is 2.40. The Labute approximate surface area is 92.4 Å². The molecule has 0 saturated heterocycles. The topological polar surface area (TPSA) is 0 Å². The Bertz CT molecular complexity index is 435. The van der Waals surface area contributed by atoms with Gasteiger partial charge in [-0.05, 0) is 25.0 Å². The van der Waals surface area contributed by atoms with Gasteiger partial charge in [-0.15, -0.1) is 0 Å². The highest BCUT2D eigenvalue weighted by atomic mass is 14.3. The molecule has 0 amide bonds. The molecule has 0 aliphatic heterocycles. The molecule has 78 valence electrons. The van der Waals surface area contributed by atoms with Crippen molar-refractivity contribution in [1.82, 2.24) is 0 Å². The largest absolute Gasteiger partial charge is 0.0622 e. The van der Waals surface area contributed by atoms with Crippen LogP contribution in [0, 0.1) is 5.41 Å². The minimum Gasteiger partial charge on any atom is -0.0622 e. The summed E-state index contributed by atoms with van der Waals surface area (Å²) >= 11 is 0. The van der Waals surface area contributed by atoms with Crippen LogP contribution in [0.25, 0.3) is 0 Å². The van der Waals surface area contributed by atoms with E-state index in [1.165, 1.54) is 22.3 Å². The van der Waals surface area contributed by atoms with Crippen molar-refractivity contribution in [2.45, 2.75) is 27.7 Å². The van der Waals surface area contributed by atoms with Gasteiger partial charge in [0, 0.05) is 5.41 Å². The normalized spacial score (nSPS) is 23.2. The first-order valence-electron chi connectivity index (χ1n) is 5.49. The Balaban J connectivity index is 2.64. The van der Waals surface area contributed by atoms with Crippen molar-refractivity contribution in [2.24, 2.45) is 5.41 Å². The van der Waals surface area contributed by atoms with Crippen LogP contribution in [0.3, 0.4) is 0 Å². The first-order chi connectivity index (χ1) is 7.03. The third-order valence-corrected chi connectivity index (χ3v) is 3.65. The molecule has 0 unspecified atom stereocenters. The predicted molar refractivity (Wildman–Crippen MR) is 66.6 cm³/mol. The highest BCUT2D eigenvalue weighted by Gasteiger charge is 2.30. The van der Waals surface area contributed by atoms with Gasteiger partial charge in [-0.25, -0.2) is 0 Å². The van der Waals surface area contributed by atoms with Gasteiger partial charge in [0.05, 0.1) is 0 Å². The zero-order chi connectivity index (χ0) is 11.1. The van der Waals surface area contributed by atoms with Gasteiger partial charge in [0.25, 0.3) is 0 Å². The smallest absolute Gasteiger partial charge is 0.0114 e. The summed E-state index contributed by atoms with van der Waals surface area (Å²) in [4.78, 5) is 0. The number of rotatable bonds is 0. The highest BCUT2D eigenvalue weighted by molar-refractivity contribution is 5.57. The second-order valence-corrected chi connectivity index (χ2v) is 4.86. The van der Waals surface area contributed by atoms with Crippen LogP contribution in [0.1, 0.15) is 27.7 Å². The van der Waals surface area contributed by atoms with E-state index in [2.05, 4.69) is 64.2 Å². The van der Waals surface area contributed by atoms with E-state index >= 15 is 0 Å². The molecule has 2 aliphatic carbocycles. The first kappa shape index (κ1) is 10.2. The molecule has 0 aromatic carbocycles. The fourth-order valence-electron chi connectivity index (χ4n) is 2.29. The molecule has 2 rings (SSSR count). The van der Waals surface area contributed by atoms with E-state index in [1.807, 2.05) is 0 Å². The number of allylic oxidation sites excluding steroid dienone is 10. The summed E-state index contributed by atoms with van der Waals surface area (Å²) in [6, 6.07) is 0. The maximum Gasteiger partial charge on any atom is 0.0114 e. The fourth-order valence-corrected chi connectivity index (χ4v) is 2.29. The van der Waals surface area contributed by atoms with Crippen molar-refractivity contribution in [1.29, 1.82) is 0 Å². The minimum atomic E-state index is 0.160. The molecule has 0 fully saturated rings. The van der Waals surface area contributed by atoms with Crippen LogP contribution in [0.5, 0.6) is 0 Å². The minimum absolute atomic E-state index is 0.160. The molecule has 0 aromatic heterocycles. The lowest BCUT2D eigenvalue weighted by Crippen LogP contribution is -2.21. The SMILES string of the molecule is CC1=C(C)C(C)(C)C2=CC=CC=CC2=C1. The summed E-state index contributed by atoms with van der Waals surface area (Å²) in [7, 11) is 0. The van der Waals surface area contributed by atoms with Crippen molar-refractivity contribution in [3.63, 3.8) is 0 Å². The van der Waals surface area contributed by atoms with Crippen molar-refractivity contribution < 1.29 is 0 Å². The molecule has 0 bridgehead atoms. The second kappa shape index (κ2) is 3.37. The van der Waals surface area contributed by atoms with Crippen LogP contribution < -0.4 is 0 Å². The Hall–Kier alpha value is -1.30. The molecule has 0 radical (unpaired) electrons. The van der Waals surface area contributed by atoms with E-state index in [1.54, 1.807) is 0 Å². The summed E-state index contributed by atoms with van der Waals surface area (Å²) in [6.45, 7) is 9.05. The second-order valence-electron chi connectivity index (χ2n) is 4.86. The quantitative estimate of drug-likeness (QED) is 0.543. The van der Waals surface area contributed by atoms with Gasteiger partial charge >= 0.3 is 0 Å². The van der Waals surface area contributed by atoms with Crippen LogP contribution in [-0.2, 0) is 0 Å². The van der Waals surface area contributed by atoms with Gasteiger partial charge < -0.3 is 0 Å². The first-order valence-corrected chi connectivity index (χ1v) is 5.49. The Morgan fingerprint density at radius 2 is 1.73 bits per heavy atom. The third kappa shape index (κ3) is 1.54. The van der Waals surface area contributed by atoms with Crippen molar-refractivity contribution in [3.05, 3.63) is 58.7 Å². The summed E-state index contributed by atoms with van der Waals surface area (Å²) in [5.74, 6) is 0. The zero-order valence-electron chi connectivity index (χ0n) is 9.96. The van der Waals surface area contributed by atoms with Crippen molar-refractivity contribution in [3.8, 4) is 0 Å². The molecule has 0 heterocycles. The Morgan fingerprint density at radius 3 is 2.47 bits per heavy atom. The molecule has 2 aliphatic rings. The van der Waals surface area contributed by atoms with Gasteiger partial charge in [-0.3, -0.25) is 0 Å². The molecular formula is C15H18. The van der Waals surface area contributed by atoms with Gasteiger partial charge in [0.15, 0.2) is 0 Å². The monoisotopic (exact) mass is 198 g/mol. The Kier molecular flexibility index (Phi) is 2.30. The van der Waals surface area contributed by atoms with Crippen LogP contribution in [-0.4, -0.2) is 0 Å². The molecule has 0 atom stereocenters. The lowest BCUT2D eigenvalue weighted by Gasteiger charge is -2.34. The van der Waals surface area contributed by atoms with E-state index in [9.17, 15) is 0 Å². The molecule has 0 nitrogen and oxygen atoms in total. The maximum absolute atomic E-state index is 2.30. The van der Waals surface area contributed by atoms with Crippen LogP contribution >= 0.6 is 0 Å². The molecule has 0 saturated carbocycles. The summed E-state index contributed by atoms with van der Waals surface area (Å²) < 4.78 is 0. The molecule has 0 N–H and O–H groups in total. The number of fused-ring (bicyclic) bond motifs is 1. The van der Waals surface area contributed by atoms with Crippen LogP contribution in [0.2, 0.25) is 0 Å². The third-order valence-electron chi connectivity index (χ3n) is 3.65. The van der Waals surface area contributed by atoms with Crippen molar-refractivity contribution in [2.75, 3.05) is 0 Å². The molecule has 0 heteroatoms. The van der Waals surface area contributed by atoms with Crippen LogP contribution in [0.15, 0.2) is 58.7 Å². The molecule has 0 spiro atoms. The zero-order valence-corrected chi connectivity index (χ0v) is 9.96. The predicted octanol–water partition coefficient (Wildman–Crippen LogP) is 4.34. The summed E-state index contributed by atoms with van der Waals surface area (Å²) in [5, 5.41) is 0. The molecule has 15 heavy (non-hydrogen) atoms. The number of hydrogen-bond acceptors (Lipinski definition) is 0. The van der Waals surface area contributed by atoms with Gasteiger partial charge in [0.1, 0.15) is 0 Å². The van der Waals surface area contributed by atoms with Gasteiger partial charge in [0.2, 0.25) is 0 Å². The lowest BCUT2D eigenvalue weighted by molar-refractivity contribution is 0.537. The average molecular weight is 198 g/mol. The summed E-state index contributed by atoms with van der Waals surface area (Å²) in [6.07, 6.45) is 13.1. The van der Waals surface area contributed by atoms with E-state index in [-0.39, 0.29) is 5.41 Å². The molecule has 0 aromatic rings. The molecular weight excluding hydrogens is 180 g/mol. The number of hydrogen-bond donors (Lipinski definition) is 0. The maximum atomic E-state index is 2.30. The Morgan fingerprint density at radius 1 is 1.00 bits per heavy atom.